The third kappa shape index (κ3) is 2.52. The summed E-state index contributed by atoms with van der Waals surface area (Å²) in [5.74, 6) is 2.15. The van der Waals surface area contributed by atoms with E-state index in [9.17, 15) is 0 Å². The molecular weight excluding hydrogens is 230 g/mol. The van der Waals surface area contributed by atoms with Crippen LogP contribution in [0.15, 0.2) is 42.5 Å². The maximum atomic E-state index is 5.99. The second kappa shape index (κ2) is 5.34. The van der Waals surface area contributed by atoms with E-state index in [0.717, 1.165) is 12.5 Å². The Morgan fingerprint density at radius 1 is 1.05 bits per heavy atom. The van der Waals surface area contributed by atoms with E-state index in [-0.39, 0.29) is 0 Å². The number of fused-ring (bicyclic) bond motifs is 1. The van der Waals surface area contributed by atoms with Gasteiger partial charge in [-0.1, -0.05) is 55.8 Å². The van der Waals surface area contributed by atoms with Crippen LogP contribution in [0.25, 0.3) is 10.8 Å². The molecule has 0 radical (unpaired) electrons. The molecule has 0 amide bonds. The minimum Gasteiger partial charge on any atom is -0.330 e. The summed E-state index contributed by atoms with van der Waals surface area (Å²) in [6, 6.07) is 15.6. The fourth-order valence-corrected chi connectivity index (χ4v) is 3.57. The summed E-state index contributed by atoms with van der Waals surface area (Å²) in [7, 11) is 0. The van der Waals surface area contributed by atoms with Crippen LogP contribution in [0.1, 0.15) is 37.7 Å². The minimum absolute atomic E-state index is 0.651. The van der Waals surface area contributed by atoms with Crippen LogP contribution in [-0.2, 0) is 0 Å². The van der Waals surface area contributed by atoms with Crippen LogP contribution in [0.4, 0.5) is 0 Å². The summed E-state index contributed by atoms with van der Waals surface area (Å²) in [6.45, 7) is 3.20. The lowest BCUT2D eigenvalue weighted by molar-refractivity contribution is 0.254. The first kappa shape index (κ1) is 12.7. The fourth-order valence-electron chi connectivity index (χ4n) is 3.57. The van der Waals surface area contributed by atoms with Gasteiger partial charge in [0.25, 0.3) is 0 Å². The number of hydrogen-bond donors (Lipinski definition) is 1. The summed E-state index contributed by atoms with van der Waals surface area (Å²) < 4.78 is 0. The quantitative estimate of drug-likeness (QED) is 0.847. The van der Waals surface area contributed by atoms with Crippen LogP contribution in [-0.4, -0.2) is 6.54 Å². The molecule has 1 heteroatoms. The Bertz CT molecular complexity index is 560. The second-order valence-electron chi connectivity index (χ2n) is 6.13. The van der Waals surface area contributed by atoms with Gasteiger partial charge in [-0.15, -0.1) is 0 Å². The van der Waals surface area contributed by atoms with Crippen molar-refractivity contribution in [1.29, 1.82) is 0 Å². The normalized spacial score (nSPS) is 27.6. The van der Waals surface area contributed by atoms with Crippen molar-refractivity contribution in [3.63, 3.8) is 0 Å². The van der Waals surface area contributed by atoms with Crippen molar-refractivity contribution in [2.24, 2.45) is 17.6 Å². The molecule has 3 rings (SSSR count). The van der Waals surface area contributed by atoms with E-state index in [1.54, 1.807) is 0 Å². The number of rotatable bonds is 2. The standard InChI is InChI=1S/C18H23N/c1-13-6-7-17(12-19)18(10-13)16-9-8-14-4-2-3-5-15(14)11-16/h2-5,8-9,11,13,17-18H,6-7,10,12,19H2,1H3. The van der Waals surface area contributed by atoms with Gasteiger partial charge < -0.3 is 5.73 Å². The highest BCUT2D eigenvalue weighted by molar-refractivity contribution is 5.83. The van der Waals surface area contributed by atoms with Crippen molar-refractivity contribution in [3.05, 3.63) is 48.0 Å². The van der Waals surface area contributed by atoms with Crippen LogP contribution in [0.3, 0.4) is 0 Å². The molecule has 0 heterocycles. The molecule has 2 aromatic carbocycles. The Labute approximate surface area is 115 Å². The Morgan fingerprint density at radius 2 is 1.84 bits per heavy atom. The molecule has 2 N–H and O–H groups in total. The van der Waals surface area contributed by atoms with Crippen molar-refractivity contribution < 1.29 is 0 Å². The smallest absolute Gasteiger partial charge is 0.00430 e. The summed E-state index contributed by atoms with van der Waals surface area (Å²) in [4.78, 5) is 0. The molecule has 2 aromatic rings. The minimum atomic E-state index is 0.651. The molecule has 1 saturated carbocycles. The second-order valence-corrected chi connectivity index (χ2v) is 6.13. The van der Waals surface area contributed by atoms with Crippen LogP contribution in [0.5, 0.6) is 0 Å². The highest BCUT2D eigenvalue weighted by Gasteiger charge is 2.28. The predicted molar refractivity (Wildman–Crippen MR) is 82.2 cm³/mol. The molecule has 100 valence electrons. The first-order chi connectivity index (χ1) is 9.28. The highest BCUT2D eigenvalue weighted by Crippen LogP contribution is 2.40. The molecule has 3 unspecified atom stereocenters. The van der Waals surface area contributed by atoms with Crippen LogP contribution >= 0.6 is 0 Å². The zero-order chi connectivity index (χ0) is 13.2. The zero-order valence-electron chi connectivity index (χ0n) is 11.7. The van der Waals surface area contributed by atoms with Gasteiger partial charge in [-0.25, -0.2) is 0 Å². The summed E-state index contributed by atoms with van der Waals surface area (Å²) in [5.41, 5.74) is 7.48. The van der Waals surface area contributed by atoms with Crippen molar-refractivity contribution in [2.75, 3.05) is 6.54 Å². The van der Waals surface area contributed by atoms with Gasteiger partial charge in [0.2, 0.25) is 0 Å². The molecule has 0 spiro atoms. The van der Waals surface area contributed by atoms with E-state index in [1.807, 2.05) is 0 Å². The number of hydrogen-bond acceptors (Lipinski definition) is 1. The van der Waals surface area contributed by atoms with E-state index in [0.29, 0.717) is 11.8 Å². The monoisotopic (exact) mass is 253 g/mol. The summed E-state index contributed by atoms with van der Waals surface area (Å²) >= 11 is 0. The molecule has 0 aromatic heterocycles. The van der Waals surface area contributed by atoms with Gasteiger partial charge in [0.1, 0.15) is 0 Å². The Morgan fingerprint density at radius 3 is 2.63 bits per heavy atom. The molecule has 19 heavy (non-hydrogen) atoms. The third-order valence-electron chi connectivity index (χ3n) is 4.76. The van der Waals surface area contributed by atoms with E-state index in [4.69, 9.17) is 5.73 Å². The molecule has 1 aliphatic carbocycles. The third-order valence-corrected chi connectivity index (χ3v) is 4.76. The van der Waals surface area contributed by atoms with Gasteiger partial charge in [-0.2, -0.15) is 0 Å². The topological polar surface area (TPSA) is 26.0 Å². The van der Waals surface area contributed by atoms with E-state index >= 15 is 0 Å². The molecule has 1 nitrogen and oxygen atoms in total. The molecule has 0 saturated heterocycles. The Kier molecular flexibility index (Phi) is 3.56. The van der Waals surface area contributed by atoms with E-state index in [1.165, 1.54) is 35.6 Å². The first-order valence-corrected chi connectivity index (χ1v) is 7.46. The molecule has 3 atom stereocenters. The predicted octanol–water partition coefficient (Wildman–Crippen LogP) is 4.32. The van der Waals surface area contributed by atoms with Gasteiger partial charge >= 0.3 is 0 Å². The van der Waals surface area contributed by atoms with Crippen LogP contribution in [0, 0.1) is 11.8 Å². The van der Waals surface area contributed by atoms with Gasteiger partial charge in [0, 0.05) is 0 Å². The summed E-state index contributed by atoms with van der Waals surface area (Å²) in [6.07, 6.45) is 3.92. The number of benzene rings is 2. The van der Waals surface area contributed by atoms with E-state index in [2.05, 4.69) is 49.4 Å². The lowest BCUT2D eigenvalue weighted by atomic mass is 9.71. The van der Waals surface area contributed by atoms with Gasteiger partial charge in [-0.05, 0) is 53.5 Å². The molecule has 1 fully saturated rings. The maximum absolute atomic E-state index is 5.99. The van der Waals surface area contributed by atoms with Gasteiger partial charge in [0.05, 0.1) is 0 Å². The Hall–Kier alpha value is -1.34. The average molecular weight is 253 g/mol. The largest absolute Gasteiger partial charge is 0.330 e. The Balaban J connectivity index is 1.97. The zero-order valence-corrected chi connectivity index (χ0v) is 11.7. The van der Waals surface area contributed by atoms with Gasteiger partial charge in [-0.3, -0.25) is 0 Å². The van der Waals surface area contributed by atoms with E-state index < -0.39 is 0 Å². The first-order valence-electron chi connectivity index (χ1n) is 7.46. The molecule has 1 aliphatic rings. The van der Waals surface area contributed by atoms with Crippen molar-refractivity contribution in [3.8, 4) is 0 Å². The van der Waals surface area contributed by atoms with Crippen molar-refractivity contribution in [2.45, 2.75) is 32.1 Å². The highest BCUT2D eigenvalue weighted by atomic mass is 14.6. The van der Waals surface area contributed by atoms with Crippen LogP contribution in [0.2, 0.25) is 0 Å². The molecular formula is C18H23N. The average Bonchev–Trinajstić information content (AvgIpc) is 2.46. The maximum Gasteiger partial charge on any atom is -0.00430 e. The summed E-state index contributed by atoms with van der Waals surface area (Å²) in [5, 5.41) is 2.69. The van der Waals surface area contributed by atoms with Crippen molar-refractivity contribution in [1.82, 2.24) is 0 Å². The fraction of sp³-hybridized carbons (Fsp3) is 0.444. The molecule has 0 aliphatic heterocycles. The number of nitrogens with two attached hydrogens (primary N) is 1. The lowest BCUT2D eigenvalue weighted by Crippen LogP contribution is -2.28. The van der Waals surface area contributed by atoms with Crippen LogP contribution < -0.4 is 5.73 Å². The van der Waals surface area contributed by atoms with Gasteiger partial charge in [0.15, 0.2) is 0 Å². The van der Waals surface area contributed by atoms with Crippen molar-refractivity contribution >= 4 is 10.8 Å². The molecule has 0 bridgehead atoms. The lowest BCUT2D eigenvalue weighted by Gasteiger charge is -2.34. The SMILES string of the molecule is CC1CCC(CN)C(c2ccc3ccccc3c2)C1.